The Balaban J connectivity index is 1.53. The lowest BCUT2D eigenvalue weighted by Gasteiger charge is -2.41. The lowest BCUT2D eigenvalue weighted by Crippen LogP contribution is -2.49. The molecule has 0 aromatic heterocycles. The molecule has 3 fully saturated rings. The summed E-state index contributed by atoms with van der Waals surface area (Å²) < 4.78 is 5.57. The van der Waals surface area contributed by atoms with Gasteiger partial charge in [-0.15, -0.1) is 0 Å². The normalized spacial score (nSPS) is 37.2. The van der Waals surface area contributed by atoms with Gasteiger partial charge in [-0.05, 0) is 37.5 Å². The molecule has 0 aromatic rings. The minimum Gasteiger partial charge on any atom is -0.481 e. The third kappa shape index (κ3) is 3.48. The van der Waals surface area contributed by atoms with Gasteiger partial charge in [0, 0.05) is 19.1 Å². The Labute approximate surface area is 115 Å². The third-order valence-corrected chi connectivity index (χ3v) is 5.06. The van der Waals surface area contributed by atoms with E-state index in [1.807, 2.05) is 0 Å². The number of nitrogens with zero attached hydrogens (tertiary/aromatic N) is 1. The van der Waals surface area contributed by atoms with E-state index in [0.717, 1.165) is 24.9 Å². The molecular formula is C15H25NO3. The molecule has 108 valence electrons. The number of aliphatic carboxylic acids is 1. The van der Waals surface area contributed by atoms with Crippen LogP contribution in [0.2, 0.25) is 0 Å². The van der Waals surface area contributed by atoms with Crippen LogP contribution in [-0.4, -0.2) is 47.8 Å². The van der Waals surface area contributed by atoms with E-state index in [1.54, 1.807) is 0 Å². The Morgan fingerprint density at radius 2 is 2.05 bits per heavy atom. The monoisotopic (exact) mass is 267 g/mol. The summed E-state index contributed by atoms with van der Waals surface area (Å²) >= 11 is 0. The predicted molar refractivity (Wildman–Crippen MR) is 72.0 cm³/mol. The van der Waals surface area contributed by atoms with Crippen LogP contribution in [-0.2, 0) is 9.53 Å². The van der Waals surface area contributed by atoms with Gasteiger partial charge in [-0.2, -0.15) is 0 Å². The molecule has 3 unspecified atom stereocenters. The number of hydrogen-bond donors (Lipinski definition) is 1. The molecule has 0 aromatic carbocycles. The molecule has 0 spiro atoms. The first-order valence-corrected chi connectivity index (χ1v) is 7.80. The molecule has 3 atom stereocenters. The molecular weight excluding hydrogens is 242 g/mol. The molecule has 1 N–H and O–H groups in total. The van der Waals surface area contributed by atoms with Gasteiger partial charge < -0.3 is 9.84 Å². The Morgan fingerprint density at radius 1 is 1.21 bits per heavy atom. The number of hydrogen-bond acceptors (Lipinski definition) is 3. The maximum atomic E-state index is 10.8. The van der Waals surface area contributed by atoms with E-state index in [1.165, 1.54) is 38.5 Å². The van der Waals surface area contributed by atoms with Gasteiger partial charge in [0.15, 0.2) is 0 Å². The summed E-state index contributed by atoms with van der Waals surface area (Å²) in [5.41, 5.74) is 0. The molecule has 1 saturated heterocycles. The molecule has 3 aliphatic rings. The highest BCUT2D eigenvalue weighted by atomic mass is 16.5. The van der Waals surface area contributed by atoms with Crippen molar-refractivity contribution in [1.29, 1.82) is 0 Å². The van der Waals surface area contributed by atoms with Crippen LogP contribution in [0.5, 0.6) is 0 Å². The largest absolute Gasteiger partial charge is 0.481 e. The molecule has 19 heavy (non-hydrogen) atoms. The van der Waals surface area contributed by atoms with Crippen molar-refractivity contribution in [1.82, 2.24) is 4.90 Å². The molecule has 2 saturated carbocycles. The van der Waals surface area contributed by atoms with Gasteiger partial charge in [0.25, 0.3) is 0 Å². The van der Waals surface area contributed by atoms with Crippen LogP contribution in [0.1, 0.15) is 44.9 Å². The number of carbonyl (C=O) groups is 1. The highest BCUT2D eigenvalue weighted by Gasteiger charge is 2.37. The molecule has 4 nitrogen and oxygen atoms in total. The van der Waals surface area contributed by atoms with E-state index in [2.05, 4.69) is 4.90 Å². The minimum atomic E-state index is -0.744. The molecule has 0 bridgehead atoms. The molecule has 1 aliphatic heterocycles. The summed E-state index contributed by atoms with van der Waals surface area (Å²) in [6, 6.07) is 0.680. The molecule has 2 aliphatic carbocycles. The van der Waals surface area contributed by atoms with E-state index >= 15 is 0 Å². The van der Waals surface area contributed by atoms with Crippen LogP contribution >= 0.6 is 0 Å². The molecule has 0 amide bonds. The lowest BCUT2D eigenvalue weighted by molar-refractivity contribution is -0.142. The number of rotatable bonds is 4. The fraction of sp³-hybridized carbons (Fsp3) is 0.933. The average molecular weight is 267 g/mol. The van der Waals surface area contributed by atoms with E-state index in [4.69, 9.17) is 9.84 Å². The number of morpholine rings is 1. The summed E-state index contributed by atoms with van der Waals surface area (Å²) in [4.78, 5) is 13.3. The van der Waals surface area contributed by atoms with Crippen molar-refractivity contribution in [2.45, 2.75) is 57.1 Å². The van der Waals surface area contributed by atoms with Crippen LogP contribution in [0.3, 0.4) is 0 Å². The van der Waals surface area contributed by atoms with E-state index in [9.17, 15) is 4.79 Å². The fourth-order valence-corrected chi connectivity index (χ4v) is 3.92. The van der Waals surface area contributed by atoms with Crippen molar-refractivity contribution in [3.8, 4) is 0 Å². The van der Waals surface area contributed by atoms with Crippen molar-refractivity contribution in [3.05, 3.63) is 0 Å². The zero-order chi connectivity index (χ0) is 13.2. The summed E-state index contributed by atoms with van der Waals surface area (Å²) in [5, 5.41) is 8.89. The predicted octanol–water partition coefficient (Wildman–Crippen LogP) is 2.13. The minimum absolute atomic E-state index is 0.104. The Kier molecular flexibility index (Phi) is 4.08. The van der Waals surface area contributed by atoms with Crippen LogP contribution in [0.25, 0.3) is 0 Å². The van der Waals surface area contributed by atoms with Gasteiger partial charge in [0.1, 0.15) is 0 Å². The summed E-state index contributed by atoms with van der Waals surface area (Å²) in [6.45, 7) is 2.50. The maximum absolute atomic E-state index is 10.8. The van der Waals surface area contributed by atoms with Gasteiger partial charge >= 0.3 is 5.97 Å². The number of carboxylic acid groups (broad SMARTS) is 1. The summed E-state index contributed by atoms with van der Waals surface area (Å²) in [7, 11) is 0. The second kappa shape index (κ2) is 5.80. The highest BCUT2D eigenvalue weighted by molar-refractivity contribution is 5.67. The van der Waals surface area contributed by atoms with Crippen molar-refractivity contribution in [2.75, 3.05) is 19.7 Å². The summed E-state index contributed by atoms with van der Waals surface area (Å²) in [5.74, 6) is 1.21. The smallest absolute Gasteiger partial charge is 0.306 e. The van der Waals surface area contributed by atoms with Gasteiger partial charge in [0.2, 0.25) is 0 Å². The first-order valence-electron chi connectivity index (χ1n) is 7.80. The van der Waals surface area contributed by atoms with Gasteiger partial charge in [-0.3, -0.25) is 9.69 Å². The Bertz CT molecular complexity index is 329. The van der Waals surface area contributed by atoms with Gasteiger partial charge in [0.05, 0.1) is 19.1 Å². The quantitative estimate of drug-likeness (QED) is 0.847. The maximum Gasteiger partial charge on any atom is 0.306 e. The zero-order valence-corrected chi connectivity index (χ0v) is 11.6. The number of carboxylic acids is 1. The fourth-order valence-electron chi connectivity index (χ4n) is 3.92. The van der Waals surface area contributed by atoms with Crippen molar-refractivity contribution >= 4 is 5.97 Å². The number of ether oxygens (including phenoxy) is 1. The zero-order valence-electron chi connectivity index (χ0n) is 11.6. The van der Waals surface area contributed by atoms with Crippen LogP contribution in [0.4, 0.5) is 0 Å². The average Bonchev–Trinajstić information content (AvgIpc) is 3.23. The first kappa shape index (κ1) is 13.4. The van der Waals surface area contributed by atoms with Gasteiger partial charge in [-0.25, -0.2) is 0 Å². The SMILES string of the molecule is O=C(O)CC1CN(C2CCCC(C3CC3)C2)CCO1. The highest BCUT2D eigenvalue weighted by Crippen LogP contribution is 2.44. The standard InChI is InChI=1S/C15H25NO3/c17-15(18)9-14-10-16(6-7-19-14)13-3-1-2-12(8-13)11-4-5-11/h11-14H,1-10H2,(H,17,18). The molecule has 4 heteroatoms. The van der Waals surface area contributed by atoms with Crippen molar-refractivity contribution in [2.24, 2.45) is 11.8 Å². The van der Waals surface area contributed by atoms with E-state index in [-0.39, 0.29) is 12.5 Å². The molecule has 3 rings (SSSR count). The molecule has 1 heterocycles. The van der Waals surface area contributed by atoms with Crippen molar-refractivity contribution in [3.63, 3.8) is 0 Å². The lowest BCUT2D eigenvalue weighted by atomic mass is 9.82. The van der Waals surface area contributed by atoms with Crippen LogP contribution in [0.15, 0.2) is 0 Å². The first-order chi connectivity index (χ1) is 9.22. The topological polar surface area (TPSA) is 49.8 Å². The van der Waals surface area contributed by atoms with Crippen LogP contribution in [0, 0.1) is 11.8 Å². The third-order valence-electron chi connectivity index (χ3n) is 5.06. The van der Waals surface area contributed by atoms with Crippen molar-refractivity contribution < 1.29 is 14.6 Å². The van der Waals surface area contributed by atoms with E-state index in [0.29, 0.717) is 12.6 Å². The molecule has 0 radical (unpaired) electrons. The second-order valence-corrected chi connectivity index (χ2v) is 6.50. The second-order valence-electron chi connectivity index (χ2n) is 6.50. The van der Waals surface area contributed by atoms with Gasteiger partial charge in [-0.1, -0.05) is 12.8 Å². The Hall–Kier alpha value is -0.610. The summed E-state index contributed by atoms with van der Waals surface area (Å²) in [6.07, 6.45) is 8.34. The van der Waals surface area contributed by atoms with E-state index < -0.39 is 5.97 Å². The van der Waals surface area contributed by atoms with Crippen LogP contribution < -0.4 is 0 Å². The Morgan fingerprint density at radius 3 is 2.79 bits per heavy atom.